The van der Waals surface area contributed by atoms with Gasteiger partial charge in [-0.15, -0.1) is 0 Å². The van der Waals surface area contributed by atoms with Crippen LogP contribution in [0, 0.1) is 11.3 Å². The first-order chi connectivity index (χ1) is 8.18. The van der Waals surface area contributed by atoms with E-state index in [9.17, 15) is 0 Å². The van der Waals surface area contributed by atoms with E-state index in [1.165, 1.54) is 31.5 Å². The summed E-state index contributed by atoms with van der Waals surface area (Å²) < 4.78 is 5.06. The van der Waals surface area contributed by atoms with Gasteiger partial charge in [-0.3, -0.25) is 0 Å². The van der Waals surface area contributed by atoms with Gasteiger partial charge in [-0.2, -0.15) is 0 Å². The summed E-state index contributed by atoms with van der Waals surface area (Å²) in [6.07, 6.45) is 6.21. The zero-order valence-corrected chi connectivity index (χ0v) is 11.0. The number of rotatable bonds is 5. The molecule has 1 atom stereocenters. The first kappa shape index (κ1) is 12.7. The molecule has 0 aromatic carbocycles. The Hall–Kier alpha value is -0.800. The van der Waals surface area contributed by atoms with Crippen molar-refractivity contribution < 1.29 is 4.42 Å². The van der Waals surface area contributed by atoms with E-state index in [0.29, 0.717) is 5.41 Å². The van der Waals surface area contributed by atoms with Gasteiger partial charge in [0.2, 0.25) is 0 Å². The molecule has 1 saturated heterocycles. The Bertz CT molecular complexity index is 313. The lowest BCUT2D eigenvalue weighted by atomic mass is 9.75. The maximum absolute atomic E-state index is 5.06. The SMILES string of the molecule is CC(C)(CNCc1ccoc1)C1CCCNC1. The van der Waals surface area contributed by atoms with Crippen LogP contribution in [0.1, 0.15) is 32.3 Å². The van der Waals surface area contributed by atoms with Gasteiger partial charge in [0.25, 0.3) is 0 Å². The van der Waals surface area contributed by atoms with Crippen molar-refractivity contribution in [3.05, 3.63) is 24.2 Å². The average molecular weight is 236 g/mol. The van der Waals surface area contributed by atoms with Crippen LogP contribution in [0.15, 0.2) is 23.0 Å². The third-order valence-electron chi connectivity index (χ3n) is 3.89. The predicted molar refractivity (Wildman–Crippen MR) is 69.8 cm³/mol. The van der Waals surface area contributed by atoms with Gasteiger partial charge in [-0.1, -0.05) is 13.8 Å². The minimum Gasteiger partial charge on any atom is -0.472 e. The molecular formula is C14H24N2O. The molecule has 0 amide bonds. The van der Waals surface area contributed by atoms with Crippen LogP contribution in [0.5, 0.6) is 0 Å². The lowest BCUT2D eigenvalue weighted by molar-refractivity contribution is 0.166. The highest BCUT2D eigenvalue weighted by molar-refractivity contribution is 5.04. The quantitative estimate of drug-likeness (QED) is 0.824. The zero-order valence-electron chi connectivity index (χ0n) is 11.0. The molecule has 0 spiro atoms. The van der Waals surface area contributed by atoms with Gasteiger partial charge in [-0.25, -0.2) is 0 Å². The van der Waals surface area contributed by atoms with Crippen LogP contribution >= 0.6 is 0 Å². The van der Waals surface area contributed by atoms with E-state index < -0.39 is 0 Å². The van der Waals surface area contributed by atoms with Crippen LogP contribution in [-0.4, -0.2) is 19.6 Å². The van der Waals surface area contributed by atoms with E-state index in [0.717, 1.165) is 19.0 Å². The van der Waals surface area contributed by atoms with E-state index in [4.69, 9.17) is 4.42 Å². The Morgan fingerprint density at radius 1 is 1.53 bits per heavy atom. The number of piperidine rings is 1. The van der Waals surface area contributed by atoms with Crippen molar-refractivity contribution in [1.82, 2.24) is 10.6 Å². The predicted octanol–water partition coefficient (Wildman–Crippen LogP) is 2.40. The first-order valence-electron chi connectivity index (χ1n) is 6.61. The summed E-state index contributed by atoms with van der Waals surface area (Å²) in [5.74, 6) is 0.785. The van der Waals surface area contributed by atoms with Crippen LogP contribution in [0.3, 0.4) is 0 Å². The van der Waals surface area contributed by atoms with Gasteiger partial charge in [-0.05, 0) is 43.3 Å². The lowest BCUT2D eigenvalue weighted by Gasteiger charge is -2.37. The van der Waals surface area contributed by atoms with E-state index in [-0.39, 0.29) is 0 Å². The van der Waals surface area contributed by atoms with Gasteiger partial charge in [0.05, 0.1) is 12.5 Å². The number of furan rings is 1. The highest BCUT2D eigenvalue weighted by Crippen LogP contribution is 2.30. The smallest absolute Gasteiger partial charge is 0.0947 e. The van der Waals surface area contributed by atoms with Crippen molar-refractivity contribution in [2.24, 2.45) is 11.3 Å². The third-order valence-corrected chi connectivity index (χ3v) is 3.89. The molecule has 0 bridgehead atoms. The minimum atomic E-state index is 0.358. The first-order valence-corrected chi connectivity index (χ1v) is 6.61. The standard InChI is InChI=1S/C14H24N2O/c1-14(2,13-4-3-6-15-9-13)11-16-8-12-5-7-17-10-12/h5,7,10,13,15-16H,3-4,6,8-9,11H2,1-2H3. The van der Waals surface area contributed by atoms with E-state index in [2.05, 4.69) is 24.5 Å². The fourth-order valence-electron chi connectivity index (χ4n) is 2.59. The Balaban J connectivity index is 1.76. The number of hydrogen-bond acceptors (Lipinski definition) is 3. The van der Waals surface area contributed by atoms with Gasteiger partial charge >= 0.3 is 0 Å². The van der Waals surface area contributed by atoms with Crippen molar-refractivity contribution in [3.63, 3.8) is 0 Å². The molecule has 2 N–H and O–H groups in total. The van der Waals surface area contributed by atoms with Crippen LogP contribution in [0.2, 0.25) is 0 Å². The van der Waals surface area contributed by atoms with Crippen molar-refractivity contribution in [3.8, 4) is 0 Å². The van der Waals surface area contributed by atoms with Crippen LogP contribution in [0.4, 0.5) is 0 Å². The molecule has 1 unspecified atom stereocenters. The number of nitrogens with one attached hydrogen (secondary N) is 2. The Morgan fingerprint density at radius 2 is 2.41 bits per heavy atom. The van der Waals surface area contributed by atoms with Crippen molar-refractivity contribution in [2.45, 2.75) is 33.2 Å². The summed E-state index contributed by atoms with van der Waals surface area (Å²) in [5.41, 5.74) is 1.58. The maximum atomic E-state index is 5.06. The highest BCUT2D eigenvalue weighted by Gasteiger charge is 2.29. The van der Waals surface area contributed by atoms with Gasteiger partial charge in [0, 0.05) is 18.7 Å². The van der Waals surface area contributed by atoms with Gasteiger partial charge in [0.1, 0.15) is 0 Å². The third kappa shape index (κ3) is 3.58. The van der Waals surface area contributed by atoms with E-state index in [1.807, 2.05) is 12.3 Å². The number of hydrogen-bond donors (Lipinski definition) is 2. The minimum absolute atomic E-state index is 0.358. The molecular weight excluding hydrogens is 212 g/mol. The summed E-state index contributed by atoms with van der Waals surface area (Å²) in [6.45, 7) is 9.06. The molecule has 0 aliphatic carbocycles. The summed E-state index contributed by atoms with van der Waals surface area (Å²) in [4.78, 5) is 0. The van der Waals surface area contributed by atoms with Gasteiger partial charge < -0.3 is 15.1 Å². The molecule has 1 aliphatic rings. The van der Waals surface area contributed by atoms with Crippen LogP contribution in [0.25, 0.3) is 0 Å². The van der Waals surface area contributed by atoms with Crippen molar-refractivity contribution in [1.29, 1.82) is 0 Å². The molecule has 2 heterocycles. The fourth-order valence-corrected chi connectivity index (χ4v) is 2.59. The Kier molecular flexibility index (Phi) is 4.24. The topological polar surface area (TPSA) is 37.2 Å². The van der Waals surface area contributed by atoms with Crippen molar-refractivity contribution in [2.75, 3.05) is 19.6 Å². The van der Waals surface area contributed by atoms with E-state index >= 15 is 0 Å². The molecule has 17 heavy (non-hydrogen) atoms. The molecule has 2 rings (SSSR count). The zero-order chi connectivity index (χ0) is 12.1. The molecule has 1 fully saturated rings. The Labute approximate surface area is 104 Å². The molecule has 0 saturated carbocycles. The normalized spacial score (nSPS) is 21.6. The van der Waals surface area contributed by atoms with Crippen molar-refractivity contribution >= 4 is 0 Å². The summed E-state index contributed by atoms with van der Waals surface area (Å²) in [6, 6.07) is 2.02. The summed E-state index contributed by atoms with van der Waals surface area (Å²) in [7, 11) is 0. The lowest BCUT2D eigenvalue weighted by Crippen LogP contribution is -2.43. The maximum Gasteiger partial charge on any atom is 0.0947 e. The molecule has 96 valence electrons. The second-order valence-corrected chi connectivity index (χ2v) is 5.77. The summed E-state index contributed by atoms with van der Waals surface area (Å²) >= 11 is 0. The fraction of sp³-hybridized carbons (Fsp3) is 0.714. The molecule has 1 aliphatic heterocycles. The molecule has 1 aromatic rings. The van der Waals surface area contributed by atoms with Crippen LogP contribution in [-0.2, 0) is 6.54 Å². The Morgan fingerprint density at radius 3 is 3.06 bits per heavy atom. The molecule has 3 nitrogen and oxygen atoms in total. The second-order valence-electron chi connectivity index (χ2n) is 5.77. The van der Waals surface area contributed by atoms with Gasteiger partial charge in [0.15, 0.2) is 0 Å². The van der Waals surface area contributed by atoms with E-state index in [1.54, 1.807) is 6.26 Å². The largest absolute Gasteiger partial charge is 0.472 e. The average Bonchev–Trinajstić information content (AvgIpc) is 2.83. The molecule has 0 radical (unpaired) electrons. The van der Waals surface area contributed by atoms with Crippen LogP contribution < -0.4 is 10.6 Å². The molecule has 3 heteroatoms. The monoisotopic (exact) mass is 236 g/mol. The highest BCUT2D eigenvalue weighted by atomic mass is 16.3. The second kappa shape index (κ2) is 5.69. The summed E-state index contributed by atoms with van der Waals surface area (Å²) in [5, 5.41) is 7.04. The molecule has 1 aromatic heterocycles.